The maximum atomic E-state index is 9.53. The molecule has 0 fully saturated rings. The molecule has 0 aliphatic rings. The van der Waals surface area contributed by atoms with Gasteiger partial charge < -0.3 is 10.4 Å². The topological polar surface area (TPSA) is 32.3 Å². The number of para-hydroxylation sites is 1. The zero-order valence-corrected chi connectivity index (χ0v) is 10.4. The predicted molar refractivity (Wildman–Crippen MR) is 65.9 cm³/mol. The second kappa shape index (κ2) is 5.06. The molecule has 0 saturated heterocycles. The second-order valence-corrected chi connectivity index (χ2v) is 4.90. The van der Waals surface area contributed by atoms with Crippen molar-refractivity contribution < 1.29 is 5.11 Å². The summed E-state index contributed by atoms with van der Waals surface area (Å²) in [5, 5.41) is 13.8. The van der Waals surface area contributed by atoms with Crippen LogP contribution in [-0.2, 0) is 0 Å². The van der Waals surface area contributed by atoms with E-state index < -0.39 is 5.60 Å². The van der Waals surface area contributed by atoms with Gasteiger partial charge in [-0.1, -0.05) is 29.3 Å². The van der Waals surface area contributed by atoms with Crippen molar-refractivity contribution in [3.63, 3.8) is 0 Å². The summed E-state index contributed by atoms with van der Waals surface area (Å²) >= 11 is 11.9. The van der Waals surface area contributed by atoms with Crippen LogP contribution in [0.4, 0.5) is 5.69 Å². The fourth-order valence-corrected chi connectivity index (χ4v) is 1.69. The summed E-state index contributed by atoms with van der Waals surface area (Å²) < 4.78 is 0. The van der Waals surface area contributed by atoms with E-state index in [4.69, 9.17) is 23.2 Å². The molecule has 0 heterocycles. The molecule has 4 heteroatoms. The summed E-state index contributed by atoms with van der Waals surface area (Å²) in [6.45, 7) is 4.17. The molecule has 1 rings (SSSR count). The fraction of sp³-hybridized carbons (Fsp3) is 0.455. The Morgan fingerprint density at radius 3 is 2.27 bits per heavy atom. The summed E-state index contributed by atoms with van der Waals surface area (Å²) in [6, 6.07) is 5.35. The van der Waals surface area contributed by atoms with Gasteiger partial charge in [-0.2, -0.15) is 0 Å². The molecule has 2 N–H and O–H groups in total. The Morgan fingerprint density at radius 2 is 1.80 bits per heavy atom. The summed E-state index contributed by atoms with van der Waals surface area (Å²) in [5.41, 5.74) is 0.0471. The van der Waals surface area contributed by atoms with Gasteiger partial charge in [0, 0.05) is 6.54 Å². The molecule has 1 aromatic carbocycles. The predicted octanol–water partition coefficient (Wildman–Crippen LogP) is 3.57. The number of anilines is 1. The van der Waals surface area contributed by atoms with Crippen LogP contribution < -0.4 is 5.32 Å². The first kappa shape index (κ1) is 12.6. The molecule has 84 valence electrons. The SMILES string of the molecule is CC(C)(O)CCNc1c(Cl)cccc1Cl. The van der Waals surface area contributed by atoms with Crippen LogP contribution in [0, 0.1) is 0 Å². The zero-order chi connectivity index (χ0) is 11.5. The van der Waals surface area contributed by atoms with Crippen molar-refractivity contribution in [2.75, 3.05) is 11.9 Å². The highest BCUT2D eigenvalue weighted by molar-refractivity contribution is 6.39. The van der Waals surface area contributed by atoms with Crippen LogP contribution in [0.15, 0.2) is 18.2 Å². The van der Waals surface area contributed by atoms with Gasteiger partial charge in [0.05, 0.1) is 21.3 Å². The van der Waals surface area contributed by atoms with E-state index in [2.05, 4.69) is 5.32 Å². The van der Waals surface area contributed by atoms with Crippen molar-refractivity contribution in [2.45, 2.75) is 25.9 Å². The summed E-state index contributed by atoms with van der Waals surface area (Å²) in [5.74, 6) is 0. The van der Waals surface area contributed by atoms with Crippen LogP contribution in [-0.4, -0.2) is 17.3 Å². The smallest absolute Gasteiger partial charge is 0.0718 e. The van der Waals surface area contributed by atoms with Crippen LogP contribution in [0.3, 0.4) is 0 Å². The molecular formula is C11H15Cl2NO. The Bertz CT molecular complexity index is 314. The van der Waals surface area contributed by atoms with E-state index in [1.807, 2.05) is 0 Å². The molecule has 0 spiro atoms. The molecule has 0 saturated carbocycles. The van der Waals surface area contributed by atoms with E-state index in [-0.39, 0.29) is 0 Å². The van der Waals surface area contributed by atoms with E-state index in [1.165, 1.54) is 0 Å². The number of rotatable bonds is 4. The molecule has 0 aliphatic carbocycles. The van der Waals surface area contributed by atoms with Gasteiger partial charge in [0.15, 0.2) is 0 Å². The Balaban J connectivity index is 2.58. The van der Waals surface area contributed by atoms with Gasteiger partial charge in [-0.15, -0.1) is 0 Å². The van der Waals surface area contributed by atoms with Crippen LogP contribution in [0.2, 0.25) is 10.0 Å². The molecule has 0 bridgehead atoms. The van der Waals surface area contributed by atoms with Gasteiger partial charge in [-0.3, -0.25) is 0 Å². The number of halogens is 2. The molecule has 0 radical (unpaired) electrons. The lowest BCUT2D eigenvalue weighted by Gasteiger charge is -2.18. The monoisotopic (exact) mass is 247 g/mol. The first-order chi connectivity index (χ1) is 6.90. The molecule has 0 aliphatic heterocycles. The average molecular weight is 248 g/mol. The van der Waals surface area contributed by atoms with Crippen molar-refractivity contribution in [3.05, 3.63) is 28.2 Å². The van der Waals surface area contributed by atoms with Gasteiger partial charge in [0.25, 0.3) is 0 Å². The molecule has 0 amide bonds. The third-order valence-corrected chi connectivity index (χ3v) is 2.63. The van der Waals surface area contributed by atoms with Crippen molar-refractivity contribution in [1.82, 2.24) is 0 Å². The molecular weight excluding hydrogens is 233 g/mol. The highest BCUT2D eigenvalue weighted by atomic mass is 35.5. The molecule has 2 nitrogen and oxygen atoms in total. The van der Waals surface area contributed by atoms with Gasteiger partial charge in [-0.25, -0.2) is 0 Å². The van der Waals surface area contributed by atoms with E-state index in [9.17, 15) is 5.11 Å². The quantitative estimate of drug-likeness (QED) is 0.853. The summed E-state index contributed by atoms with van der Waals surface area (Å²) in [4.78, 5) is 0. The molecule has 0 atom stereocenters. The lowest BCUT2D eigenvalue weighted by molar-refractivity contribution is 0.0749. The van der Waals surface area contributed by atoms with E-state index in [0.29, 0.717) is 23.0 Å². The lowest BCUT2D eigenvalue weighted by Crippen LogP contribution is -2.22. The van der Waals surface area contributed by atoms with Gasteiger partial charge in [0.1, 0.15) is 0 Å². The highest BCUT2D eigenvalue weighted by Crippen LogP contribution is 2.29. The Kier molecular flexibility index (Phi) is 4.26. The number of benzene rings is 1. The number of hydrogen-bond acceptors (Lipinski definition) is 2. The number of aliphatic hydroxyl groups is 1. The second-order valence-electron chi connectivity index (χ2n) is 4.09. The zero-order valence-electron chi connectivity index (χ0n) is 8.85. The van der Waals surface area contributed by atoms with Crippen molar-refractivity contribution in [3.8, 4) is 0 Å². The van der Waals surface area contributed by atoms with Crippen molar-refractivity contribution in [2.24, 2.45) is 0 Å². The molecule has 15 heavy (non-hydrogen) atoms. The van der Waals surface area contributed by atoms with E-state index in [1.54, 1.807) is 32.0 Å². The van der Waals surface area contributed by atoms with Crippen molar-refractivity contribution in [1.29, 1.82) is 0 Å². The summed E-state index contributed by atoms with van der Waals surface area (Å²) in [6.07, 6.45) is 0.633. The Hall–Kier alpha value is -0.440. The largest absolute Gasteiger partial charge is 0.390 e. The van der Waals surface area contributed by atoms with Gasteiger partial charge >= 0.3 is 0 Å². The van der Waals surface area contributed by atoms with Crippen LogP contribution in [0.1, 0.15) is 20.3 Å². The normalized spacial score (nSPS) is 11.5. The molecule has 0 aromatic heterocycles. The molecule has 1 aromatic rings. The third-order valence-electron chi connectivity index (χ3n) is 2.00. The third kappa shape index (κ3) is 4.29. The minimum atomic E-state index is -0.680. The maximum Gasteiger partial charge on any atom is 0.0718 e. The van der Waals surface area contributed by atoms with Crippen LogP contribution in [0.5, 0.6) is 0 Å². The molecule has 0 unspecified atom stereocenters. The maximum absolute atomic E-state index is 9.53. The fourth-order valence-electron chi connectivity index (χ4n) is 1.16. The average Bonchev–Trinajstić information content (AvgIpc) is 2.08. The number of nitrogens with one attached hydrogen (secondary N) is 1. The van der Waals surface area contributed by atoms with Crippen LogP contribution in [0.25, 0.3) is 0 Å². The lowest BCUT2D eigenvalue weighted by atomic mass is 10.1. The minimum Gasteiger partial charge on any atom is -0.390 e. The summed E-state index contributed by atoms with van der Waals surface area (Å²) in [7, 11) is 0. The van der Waals surface area contributed by atoms with Crippen LogP contribution >= 0.6 is 23.2 Å². The first-order valence-electron chi connectivity index (χ1n) is 4.80. The minimum absolute atomic E-state index is 0.596. The van der Waals surface area contributed by atoms with Gasteiger partial charge in [-0.05, 0) is 32.4 Å². The van der Waals surface area contributed by atoms with E-state index in [0.717, 1.165) is 5.69 Å². The highest BCUT2D eigenvalue weighted by Gasteiger charge is 2.12. The Morgan fingerprint density at radius 1 is 1.27 bits per heavy atom. The van der Waals surface area contributed by atoms with Gasteiger partial charge in [0.2, 0.25) is 0 Å². The first-order valence-corrected chi connectivity index (χ1v) is 5.56. The standard InChI is InChI=1S/C11H15Cl2NO/c1-11(2,15)6-7-14-10-8(12)4-3-5-9(10)13/h3-5,14-15H,6-7H2,1-2H3. The van der Waals surface area contributed by atoms with E-state index >= 15 is 0 Å². The Labute approximate surface area is 100 Å². The van der Waals surface area contributed by atoms with Crippen molar-refractivity contribution >= 4 is 28.9 Å². The number of hydrogen-bond donors (Lipinski definition) is 2.